The van der Waals surface area contributed by atoms with Crippen molar-refractivity contribution in [3.8, 4) is 0 Å². The molecular weight excluding hydrogens is 78.0 g/mol. The lowest BCUT2D eigenvalue weighted by atomic mass is 10.7. The monoisotopic (exact) mass is 82.0 g/mol. The van der Waals surface area contributed by atoms with Crippen molar-refractivity contribution in [1.82, 2.24) is 0 Å². The van der Waals surface area contributed by atoms with Crippen molar-refractivity contribution in [3.63, 3.8) is 0 Å². The molecule has 0 aromatic carbocycles. The Labute approximate surface area is 35.0 Å². The number of hydrogen-bond acceptors (Lipinski definition) is 1. The van der Waals surface area contributed by atoms with E-state index in [2.05, 4.69) is 4.58 Å². The molecule has 0 aromatic heterocycles. The van der Waals surface area contributed by atoms with Crippen molar-refractivity contribution in [2.45, 2.75) is 12.1 Å². The second-order valence-electron chi connectivity index (χ2n) is 2.06. The number of rotatable bonds is 0. The first kappa shape index (κ1) is 2.07. The van der Waals surface area contributed by atoms with Crippen LogP contribution in [0.25, 0.3) is 0 Å². The van der Waals surface area contributed by atoms with Gasteiger partial charge in [-0.15, -0.1) is 0 Å². The largest absolute Gasteiger partial charge is 0.301 e. The smallest absolute Gasteiger partial charge is 0.273 e. The second-order valence-corrected chi connectivity index (χ2v) is 2.06. The summed E-state index contributed by atoms with van der Waals surface area (Å²) in [6, 6.07) is 0.824. The van der Waals surface area contributed by atoms with Gasteiger partial charge in [0.25, 0.3) is 11.8 Å². The van der Waals surface area contributed by atoms with E-state index >= 15 is 0 Å². The van der Waals surface area contributed by atoms with Crippen LogP contribution < -0.4 is 0 Å². The summed E-state index contributed by atoms with van der Waals surface area (Å²) < 4.78 is 7.44. The summed E-state index contributed by atoms with van der Waals surface area (Å²) in [4.78, 5) is 0. The van der Waals surface area contributed by atoms with Crippen LogP contribution in [0.2, 0.25) is 0 Å². The molecule has 2 unspecified atom stereocenters. The Morgan fingerprint density at radius 1 is 1.83 bits per heavy atom. The summed E-state index contributed by atoms with van der Waals surface area (Å²) in [5, 5.41) is 0. The molecule has 30 valence electrons. The van der Waals surface area contributed by atoms with E-state index < -0.39 is 0 Å². The standard InChI is InChI=1S/C4H4NO/c1-5-2-3(5)4(2)6-1/h2,4H,1H2/q+1. The van der Waals surface area contributed by atoms with Crippen LogP contribution in [-0.4, -0.2) is 29.2 Å². The van der Waals surface area contributed by atoms with Gasteiger partial charge in [0, 0.05) is 0 Å². The molecule has 1 saturated carbocycles. The highest BCUT2D eigenvalue weighted by atomic mass is 16.5. The minimum atomic E-state index is 0.616. The van der Waals surface area contributed by atoms with Crippen molar-refractivity contribution in [2.24, 2.45) is 0 Å². The van der Waals surface area contributed by atoms with E-state index in [1.54, 1.807) is 5.71 Å². The number of hydrogen-bond donors (Lipinski definition) is 0. The molecule has 1 aliphatic carbocycles. The fraction of sp³-hybridized carbons (Fsp3) is 0.750. The molecule has 0 radical (unpaired) electrons. The lowest BCUT2D eigenvalue weighted by Gasteiger charge is -1.66. The van der Waals surface area contributed by atoms with Crippen LogP contribution in [-0.2, 0) is 4.74 Å². The summed E-state index contributed by atoms with van der Waals surface area (Å²) >= 11 is 0. The average molecular weight is 82.1 g/mol. The predicted octanol–water partition coefficient (Wildman–Crippen LogP) is -0.808. The molecular formula is C4H4NO+. The summed E-state index contributed by atoms with van der Waals surface area (Å²) in [6.45, 7) is 0.894. The molecule has 3 heterocycles. The predicted molar refractivity (Wildman–Crippen MR) is 18.8 cm³/mol. The molecule has 1 saturated heterocycles. The van der Waals surface area contributed by atoms with Gasteiger partial charge >= 0.3 is 0 Å². The number of nitrogens with zero attached hydrogens (tertiary/aromatic N) is 1. The van der Waals surface area contributed by atoms with Gasteiger partial charge in [-0.25, -0.2) is 0 Å². The van der Waals surface area contributed by atoms with Crippen molar-refractivity contribution in [2.75, 3.05) is 6.73 Å². The van der Waals surface area contributed by atoms with Crippen LogP contribution in [0.5, 0.6) is 0 Å². The molecule has 4 rings (SSSR count). The fourth-order valence-electron chi connectivity index (χ4n) is 1.22. The van der Waals surface area contributed by atoms with E-state index in [4.69, 9.17) is 4.74 Å². The molecule has 6 heavy (non-hydrogen) atoms. The molecule has 0 aromatic rings. The van der Waals surface area contributed by atoms with Crippen LogP contribution in [0.4, 0.5) is 0 Å². The van der Waals surface area contributed by atoms with Gasteiger partial charge in [-0.05, 0) is 0 Å². The van der Waals surface area contributed by atoms with Gasteiger partial charge in [-0.3, -0.25) is 0 Å². The number of fused-ring (bicyclic) bond motifs is 1. The van der Waals surface area contributed by atoms with Crippen LogP contribution in [0.3, 0.4) is 0 Å². The third-order valence-electron chi connectivity index (χ3n) is 1.77. The van der Waals surface area contributed by atoms with Crippen molar-refractivity contribution < 1.29 is 9.31 Å². The van der Waals surface area contributed by atoms with Crippen LogP contribution in [0.1, 0.15) is 0 Å². The highest BCUT2D eigenvalue weighted by Gasteiger charge is 2.83. The van der Waals surface area contributed by atoms with Crippen LogP contribution in [0.15, 0.2) is 0 Å². The maximum absolute atomic E-state index is 5.15. The highest BCUT2D eigenvalue weighted by molar-refractivity contribution is 6.14. The average Bonchev–Trinajstić information content (AvgIpc) is 2.30. The van der Waals surface area contributed by atoms with E-state index in [1.807, 2.05) is 0 Å². The molecule has 4 aliphatic rings. The van der Waals surface area contributed by atoms with E-state index in [1.165, 1.54) is 0 Å². The molecule has 2 fully saturated rings. The third-order valence-corrected chi connectivity index (χ3v) is 1.77. The quantitative estimate of drug-likeness (QED) is 0.348. The Balaban J connectivity index is 2.40. The Morgan fingerprint density at radius 3 is 2.83 bits per heavy atom. The molecule has 0 spiro atoms. The fourth-order valence-corrected chi connectivity index (χ4v) is 1.22. The molecule has 0 N–H and O–H groups in total. The second kappa shape index (κ2) is 0.328. The van der Waals surface area contributed by atoms with Gasteiger partial charge in [0.1, 0.15) is 0 Å². The van der Waals surface area contributed by atoms with Gasteiger partial charge < -0.3 is 4.74 Å². The van der Waals surface area contributed by atoms with E-state index in [0.717, 1.165) is 12.8 Å². The molecule has 2 bridgehead atoms. The minimum absolute atomic E-state index is 0.616. The zero-order valence-electron chi connectivity index (χ0n) is 3.22. The summed E-state index contributed by atoms with van der Waals surface area (Å²) in [5.41, 5.74) is 1.56. The molecule has 3 aliphatic heterocycles. The summed E-state index contributed by atoms with van der Waals surface area (Å²) in [6.07, 6.45) is 0.616. The molecule has 2 heteroatoms. The maximum atomic E-state index is 5.15. The molecule has 2 nitrogen and oxygen atoms in total. The van der Waals surface area contributed by atoms with Gasteiger partial charge in [-0.2, -0.15) is 4.58 Å². The summed E-state index contributed by atoms with van der Waals surface area (Å²) in [7, 11) is 0. The molecule has 0 amide bonds. The van der Waals surface area contributed by atoms with Gasteiger partial charge in [-0.1, -0.05) is 0 Å². The van der Waals surface area contributed by atoms with Crippen molar-refractivity contribution >= 4 is 5.71 Å². The molecule has 2 atom stereocenters. The number of ether oxygens (including phenoxy) is 1. The lowest BCUT2D eigenvalue weighted by molar-refractivity contribution is -0.475. The minimum Gasteiger partial charge on any atom is -0.301 e. The first-order valence-corrected chi connectivity index (χ1v) is 2.23. The van der Waals surface area contributed by atoms with Crippen LogP contribution in [0, 0.1) is 0 Å². The zero-order valence-corrected chi connectivity index (χ0v) is 3.22. The topological polar surface area (TPSA) is 12.2 Å². The Kier molecular flexibility index (Phi) is 0.113. The first-order valence-electron chi connectivity index (χ1n) is 2.23. The first-order chi connectivity index (χ1) is 2.98. The van der Waals surface area contributed by atoms with Gasteiger partial charge in [0.05, 0.1) is 0 Å². The third kappa shape index (κ3) is 0.0590. The highest BCUT2D eigenvalue weighted by Crippen LogP contribution is 2.44. The Hall–Kier alpha value is -0.370. The maximum Gasteiger partial charge on any atom is 0.273 e. The van der Waals surface area contributed by atoms with E-state index in [9.17, 15) is 0 Å². The SMILES string of the molecule is C1OC2C3=[N+]1C32. The van der Waals surface area contributed by atoms with Crippen LogP contribution >= 0.6 is 0 Å². The van der Waals surface area contributed by atoms with Gasteiger partial charge in [0.2, 0.25) is 12.8 Å². The Morgan fingerprint density at radius 2 is 2.67 bits per heavy atom. The van der Waals surface area contributed by atoms with Crippen molar-refractivity contribution in [1.29, 1.82) is 0 Å². The lowest BCUT2D eigenvalue weighted by Crippen LogP contribution is -1.93. The normalized spacial score (nSPS) is 56.0. The zero-order chi connectivity index (χ0) is 3.72. The van der Waals surface area contributed by atoms with E-state index in [0.29, 0.717) is 6.10 Å². The van der Waals surface area contributed by atoms with E-state index in [-0.39, 0.29) is 0 Å². The van der Waals surface area contributed by atoms with Crippen molar-refractivity contribution in [3.05, 3.63) is 0 Å². The summed E-state index contributed by atoms with van der Waals surface area (Å²) in [5.74, 6) is 0. The Bertz CT molecular complexity index is 155. The van der Waals surface area contributed by atoms with Gasteiger partial charge in [0.15, 0.2) is 0 Å².